The lowest BCUT2D eigenvalue weighted by Gasteiger charge is -2.37. The lowest BCUT2D eigenvalue weighted by atomic mass is 9.75. The van der Waals surface area contributed by atoms with E-state index < -0.39 is 0 Å². The van der Waals surface area contributed by atoms with Crippen LogP contribution in [0.25, 0.3) is 0 Å². The molecule has 4 heteroatoms. The summed E-state index contributed by atoms with van der Waals surface area (Å²) < 4.78 is 5.68. The lowest BCUT2D eigenvalue weighted by Crippen LogP contribution is -2.50. The van der Waals surface area contributed by atoms with E-state index in [1.807, 2.05) is 0 Å². The van der Waals surface area contributed by atoms with Crippen molar-refractivity contribution in [3.63, 3.8) is 0 Å². The van der Waals surface area contributed by atoms with Gasteiger partial charge in [-0.1, -0.05) is 12.8 Å². The van der Waals surface area contributed by atoms with Gasteiger partial charge in [-0.2, -0.15) is 0 Å². The molecule has 0 bridgehead atoms. The highest BCUT2D eigenvalue weighted by atomic mass is 16.5. The van der Waals surface area contributed by atoms with E-state index in [9.17, 15) is 4.79 Å². The van der Waals surface area contributed by atoms with Crippen LogP contribution in [-0.2, 0) is 9.53 Å². The molecule has 0 spiro atoms. The first-order chi connectivity index (χ1) is 8.18. The molecule has 0 radical (unpaired) electrons. The summed E-state index contributed by atoms with van der Waals surface area (Å²) in [4.78, 5) is 11.6. The number of hydrogen-bond acceptors (Lipinski definition) is 3. The van der Waals surface area contributed by atoms with Crippen LogP contribution in [0.4, 0.5) is 0 Å². The van der Waals surface area contributed by atoms with Crippen LogP contribution in [0.15, 0.2) is 0 Å². The van der Waals surface area contributed by atoms with E-state index in [0.717, 1.165) is 19.3 Å². The molecule has 2 saturated carbocycles. The number of amides is 1. The number of hydrogen-bond donors (Lipinski definition) is 2. The van der Waals surface area contributed by atoms with Crippen molar-refractivity contribution < 1.29 is 9.53 Å². The Morgan fingerprint density at radius 3 is 2.59 bits per heavy atom. The third-order valence-electron chi connectivity index (χ3n) is 3.94. The van der Waals surface area contributed by atoms with Crippen molar-refractivity contribution in [2.24, 2.45) is 5.73 Å². The fraction of sp³-hybridized carbons (Fsp3) is 0.923. The van der Waals surface area contributed by atoms with Gasteiger partial charge in [0.15, 0.2) is 0 Å². The van der Waals surface area contributed by atoms with Gasteiger partial charge in [0.2, 0.25) is 5.91 Å². The summed E-state index contributed by atoms with van der Waals surface area (Å²) >= 11 is 0. The number of nitrogens with two attached hydrogens (primary N) is 1. The van der Waals surface area contributed by atoms with Crippen molar-refractivity contribution in [2.45, 2.75) is 63.0 Å². The van der Waals surface area contributed by atoms with Crippen molar-refractivity contribution in [1.29, 1.82) is 0 Å². The molecule has 0 unspecified atom stereocenters. The minimum atomic E-state index is -0.212. The molecule has 0 aliphatic heterocycles. The summed E-state index contributed by atoms with van der Waals surface area (Å²) in [7, 11) is 0. The van der Waals surface area contributed by atoms with E-state index in [2.05, 4.69) is 5.32 Å². The molecule has 0 heterocycles. The predicted molar refractivity (Wildman–Crippen MR) is 66.6 cm³/mol. The van der Waals surface area contributed by atoms with Crippen LogP contribution in [0.1, 0.15) is 51.4 Å². The Balaban J connectivity index is 1.50. The standard InChI is InChI=1S/C13H24N2O2/c14-13(6-3-7-13)10-12(16)15-8-9-17-11-4-1-2-5-11/h11H,1-10,14H2,(H,15,16). The zero-order valence-corrected chi connectivity index (χ0v) is 10.5. The Kier molecular flexibility index (Phi) is 4.40. The summed E-state index contributed by atoms with van der Waals surface area (Å²) in [5, 5.41) is 2.89. The topological polar surface area (TPSA) is 64.4 Å². The van der Waals surface area contributed by atoms with E-state index in [0.29, 0.717) is 25.7 Å². The predicted octanol–water partition coefficient (Wildman–Crippen LogP) is 1.33. The van der Waals surface area contributed by atoms with Gasteiger partial charge in [0.1, 0.15) is 0 Å². The first kappa shape index (κ1) is 12.8. The number of carbonyl (C=O) groups excluding carboxylic acids is 1. The Hall–Kier alpha value is -0.610. The Labute approximate surface area is 103 Å². The molecule has 2 rings (SSSR count). The average Bonchev–Trinajstić information content (AvgIpc) is 2.75. The van der Waals surface area contributed by atoms with Crippen LogP contribution in [0.2, 0.25) is 0 Å². The van der Waals surface area contributed by atoms with Crippen LogP contribution in [-0.4, -0.2) is 30.7 Å². The van der Waals surface area contributed by atoms with Gasteiger partial charge >= 0.3 is 0 Å². The smallest absolute Gasteiger partial charge is 0.221 e. The van der Waals surface area contributed by atoms with Crippen LogP contribution < -0.4 is 11.1 Å². The highest BCUT2D eigenvalue weighted by Gasteiger charge is 2.34. The number of nitrogens with one attached hydrogen (secondary N) is 1. The minimum absolute atomic E-state index is 0.0715. The van der Waals surface area contributed by atoms with Gasteiger partial charge in [-0.3, -0.25) is 4.79 Å². The highest BCUT2D eigenvalue weighted by Crippen LogP contribution is 2.31. The molecule has 2 aliphatic carbocycles. The van der Waals surface area contributed by atoms with Gasteiger partial charge in [0.25, 0.3) is 0 Å². The van der Waals surface area contributed by atoms with Gasteiger partial charge in [-0.15, -0.1) is 0 Å². The molecule has 0 aromatic rings. The van der Waals surface area contributed by atoms with Crippen LogP contribution in [0, 0.1) is 0 Å². The van der Waals surface area contributed by atoms with Crippen molar-refractivity contribution in [3.8, 4) is 0 Å². The Morgan fingerprint density at radius 2 is 2.00 bits per heavy atom. The Bertz CT molecular complexity index is 258. The van der Waals surface area contributed by atoms with E-state index in [1.54, 1.807) is 0 Å². The summed E-state index contributed by atoms with van der Waals surface area (Å²) in [6.07, 6.45) is 8.96. The maximum absolute atomic E-state index is 11.6. The minimum Gasteiger partial charge on any atom is -0.376 e. The molecule has 2 fully saturated rings. The van der Waals surface area contributed by atoms with Crippen molar-refractivity contribution in [1.82, 2.24) is 5.32 Å². The normalized spacial score (nSPS) is 23.4. The maximum Gasteiger partial charge on any atom is 0.221 e. The van der Waals surface area contributed by atoms with Gasteiger partial charge < -0.3 is 15.8 Å². The molecular weight excluding hydrogens is 216 g/mol. The maximum atomic E-state index is 11.6. The van der Waals surface area contributed by atoms with Gasteiger partial charge in [-0.25, -0.2) is 0 Å². The summed E-state index contributed by atoms with van der Waals surface area (Å²) in [5.74, 6) is 0.0715. The van der Waals surface area contributed by atoms with Crippen LogP contribution in [0.5, 0.6) is 0 Å². The quantitative estimate of drug-likeness (QED) is 0.688. The van der Waals surface area contributed by atoms with Crippen molar-refractivity contribution in [3.05, 3.63) is 0 Å². The van der Waals surface area contributed by atoms with E-state index in [4.69, 9.17) is 10.5 Å². The van der Waals surface area contributed by atoms with Crippen LogP contribution in [0.3, 0.4) is 0 Å². The average molecular weight is 240 g/mol. The third kappa shape index (κ3) is 3.96. The molecule has 0 aromatic carbocycles. The summed E-state index contributed by atoms with van der Waals surface area (Å²) in [5.41, 5.74) is 5.80. The van der Waals surface area contributed by atoms with Crippen molar-refractivity contribution >= 4 is 5.91 Å². The second kappa shape index (κ2) is 5.83. The molecule has 4 nitrogen and oxygen atoms in total. The molecule has 1 amide bonds. The fourth-order valence-corrected chi connectivity index (χ4v) is 2.66. The molecule has 17 heavy (non-hydrogen) atoms. The lowest BCUT2D eigenvalue weighted by molar-refractivity contribution is -0.123. The second-order valence-electron chi connectivity index (χ2n) is 5.52. The molecule has 3 N–H and O–H groups in total. The first-order valence-corrected chi connectivity index (χ1v) is 6.85. The summed E-state index contributed by atoms with van der Waals surface area (Å²) in [6, 6.07) is 0. The molecule has 2 aliphatic rings. The third-order valence-corrected chi connectivity index (χ3v) is 3.94. The number of rotatable bonds is 6. The molecule has 0 atom stereocenters. The summed E-state index contributed by atoms with van der Waals surface area (Å²) in [6.45, 7) is 1.25. The molecule has 0 saturated heterocycles. The molecule has 0 aromatic heterocycles. The van der Waals surface area contributed by atoms with E-state index in [1.165, 1.54) is 25.7 Å². The van der Waals surface area contributed by atoms with Crippen molar-refractivity contribution in [2.75, 3.05) is 13.2 Å². The fourth-order valence-electron chi connectivity index (χ4n) is 2.66. The van der Waals surface area contributed by atoms with E-state index in [-0.39, 0.29) is 11.4 Å². The largest absolute Gasteiger partial charge is 0.376 e. The van der Waals surface area contributed by atoms with Gasteiger partial charge in [0, 0.05) is 18.5 Å². The number of ether oxygens (including phenoxy) is 1. The second-order valence-corrected chi connectivity index (χ2v) is 5.52. The highest BCUT2D eigenvalue weighted by molar-refractivity contribution is 5.77. The zero-order chi connectivity index (χ0) is 12.1. The van der Waals surface area contributed by atoms with E-state index >= 15 is 0 Å². The molecule has 98 valence electrons. The number of carbonyl (C=O) groups is 1. The van der Waals surface area contributed by atoms with Crippen LogP contribution >= 0.6 is 0 Å². The zero-order valence-electron chi connectivity index (χ0n) is 10.5. The van der Waals surface area contributed by atoms with Gasteiger partial charge in [-0.05, 0) is 32.1 Å². The Morgan fingerprint density at radius 1 is 1.29 bits per heavy atom. The monoisotopic (exact) mass is 240 g/mol. The van der Waals surface area contributed by atoms with Gasteiger partial charge in [0.05, 0.1) is 12.7 Å². The SMILES string of the molecule is NC1(CC(=O)NCCOC2CCCC2)CCC1. The first-order valence-electron chi connectivity index (χ1n) is 6.85. The molecular formula is C13H24N2O2.